The van der Waals surface area contributed by atoms with Crippen LogP contribution in [0.5, 0.6) is 11.5 Å². The molecule has 3 aromatic heterocycles. The van der Waals surface area contributed by atoms with Gasteiger partial charge in [-0.2, -0.15) is 10.4 Å². The summed E-state index contributed by atoms with van der Waals surface area (Å²) in [6, 6.07) is 23.1. The number of nitrogens with one attached hydrogen (secondary N) is 1. The normalized spacial score (nSPS) is 10.7. The van der Waals surface area contributed by atoms with Crippen LogP contribution in [0, 0.1) is 11.3 Å². The first kappa shape index (κ1) is 22.9. The van der Waals surface area contributed by atoms with E-state index in [4.69, 9.17) is 19.6 Å². The fraction of sp³-hybridized carbons (Fsp3) is 0.143. The summed E-state index contributed by atoms with van der Waals surface area (Å²) in [6.07, 6.45) is 3.69. The first-order valence-electron chi connectivity index (χ1n) is 11.4. The van der Waals surface area contributed by atoms with Crippen LogP contribution in [-0.4, -0.2) is 34.0 Å². The summed E-state index contributed by atoms with van der Waals surface area (Å²) in [5.74, 6) is 1.46. The maximum absolute atomic E-state index is 9.35. The summed E-state index contributed by atoms with van der Waals surface area (Å²) in [7, 11) is 3.27. The first-order valence-corrected chi connectivity index (χ1v) is 11.4. The average molecular weight is 477 g/mol. The number of aromatic nitrogens is 4. The number of methoxy groups -OCH3 is 2. The predicted molar refractivity (Wildman–Crippen MR) is 138 cm³/mol. The van der Waals surface area contributed by atoms with Gasteiger partial charge in [0.05, 0.1) is 55.7 Å². The van der Waals surface area contributed by atoms with E-state index in [0.717, 1.165) is 50.7 Å². The van der Waals surface area contributed by atoms with Crippen LogP contribution in [0.15, 0.2) is 79.1 Å². The lowest BCUT2D eigenvalue weighted by Crippen LogP contribution is -2.04. The second-order valence-electron chi connectivity index (χ2n) is 8.16. The van der Waals surface area contributed by atoms with E-state index in [2.05, 4.69) is 16.4 Å². The average Bonchev–Trinajstić information content (AvgIpc) is 3.34. The largest absolute Gasteiger partial charge is 0.497 e. The van der Waals surface area contributed by atoms with E-state index in [1.807, 2.05) is 71.5 Å². The number of hydrogen-bond acceptors (Lipinski definition) is 7. The number of hydrogen-bond donors (Lipinski definition) is 1. The molecule has 178 valence electrons. The molecule has 5 rings (SSSR count). The SMILES string of the molecule is COc1ccc(CNc2cc(-c3cccc(C#N)c3)nc3cn(Cc4ccccn4)nc23)c(OC)c1. The van der Waals surface area contributed by atoms with Crippen LogP contribution in [0.2, 0.25) is 0 Å². The van der Waals surface area contributed by atoms with Crippen LogP contribution >= 0.6 is 0 Å². The molecule has 36 heavy (non-hydrogen) atoms. The number of fused-ring (bicyclic) bond motifs is 1. The van der Waals surface area contributed by atoms with Crippen LogP contribution in [0.3, 0.4) is 0 Å². The van der Waals surface area contributed by atoms with Gasteiger partial charge in [0.25, 0.3) is 0 Å². The van der Waals surface area contributed by atoms with E-state index < -0.39 is 0 Å². The highest BCUT2D eigenvalue weighted by atomic mass is 16.5. The monoisotopic (exact) mass is 476 g/mol. The summed E-state index contributed by atoms with van der Waals surface area (Å²) in [4.78, 5) is 9.27. The minimum absolute atomic E-state index is 0.511. The Morgan fingerprint density at radius 2 is 1.92 bits per heavy atom. The minimum Gasteiger partial charge on any atom is -0.497 e. The Balaban J connectivity index is 1.54. The maximum atomic E-state index is 9.35. The molecule has 0 atom stereocenters. The Kier molecular flexibility index (Phi) is 6.45. The van der Waals surface area contributed by atoms with Crippen molar-refractivity contribution in [3.63, 3.8) is 0 Å². The van der Waals surface area contributed by atoms with Gasteiger partial charge in [0.15, 0.2) is 0 Å². The second kappa shape index (κ2) is 10.2. The van der Waals surface area contributed by atoms with Crippen molar-refractivity contribution in [3.8, 4) is 28.8 Å². The van der Waals surface area contributed by atoms with E-state index in [1.165, 1.54) is 0 Å². The third-order valence-electron chi connectivity index (χ3n) is 5.82. The van der Waals surface area contributed by atoms with Crippen molar-refractivity contribution in [1.82, 2.24) is 19.7 Å². The highest BCUT2D eigenvalue weighted by Gasteiger charge is 2.14. The fourth-order valence-corrected chi connectivity index (χ4v) is 4.01. The van der Waals surface area contributed by atoms with Crippen molar-refractivity contribution in [2.24, 2.45) is 0 Å². The van der Waals surface area contributed by atoms with Crippen molar-refractivity contribution >= 4 is 16.7 Å². The van der Waals surface area contributed by atoms with E-state index in [1.54, 1.807) is 26.5 Å². The van der Waals surface area contributed by atoms with Gasteiger partial charge in [-0.3, -0.25) is 9.67 Å². The van der Waals surface area contributed by atoms with Crippen LogP contribution in [0.4, 0.5) is 5.69 Å². The van der Waals surface area contributed by atoms with Crippen LogP contribution in [0.1, 0.15) is 16.8 Å². The van der Waals surface area contributed by atoms with Gasteiger partial charge in [-0.15, -0.1) is 0 Å². The van der Waals surface area contributed by atoms with Gasteiger partial charge in [0.1, 0.15) is 22.5 Å². The molecular formula is C28H24N6O2. The zero-order chi connectivity index (χ0) is 24.9. The van der Waals surface area contributed by atoms with Crippen LogP contribution in [0.25, 0.3) is 22.3 Å². The number of ether oxygens (including phenoxy) is 2. The predicted octanol–water partition coefficient (Wildman–Crippen LogP) is 5.04. The van der Waals surface area contributed by atoms with Gasteiger partial charge in [-0.25, -0.2) is 4.98 Å². The number of pyridine rings is 2. The lowest BCUT2D eigenvalue weighted by molar-refractivity contribution is 0.391. The fourth-order valence-electron chi connectivity index (χ4n) is 4.01. The standard InChI is InChI=1S/C28H24N6O2/c1-35-23-10-9-21(27(13-23)36-2)16-31-25-14-24(20-7-5-6-19(12-20)15-29)32-26-18-34(33-28(25)26)17-22-8-3-4-11-30-22/h3-14,18,31H,16-17H2,1-2H3. The molecule has 0 amide bonds. The molecule has 0 saturated heterocycles. The summed E-state index contributed by atoms with van der Waals surface area (Å²) in [6.45, 7) is 1.04. The lowest BCUT2D eigenvalue weighted by atomic mass is 10.1. The molecule has 8 heteroatoms. The number of nitrogens with zero attached hydrogens (tertiary/aromatic N) is 5. The molecule has 2 aromatic carbocycles. The Hall–Kier alpha value is -4.90. The zero-order valence-corrected chi connectivity index (χ0v) is 20.0. The van der Waals surface area contributed by atoms with Crippen molar-refractivity contribution in [1.29, 1.82) is 5.26 Å². The molecule has 0 saturated carbocycles. The van der Waals surface area contributed by atoms with E-state index >= 15 is 0 Å². The lowest BCUT2D eigenvalue weighted by Gasteiger charge is -2.13. The number of anilines is 1. The second-order valence-corrected chi connectivity index (χ2v) is 8.16. The van der Waals surface area contributed by atoms with E-state index in [-0.39, 0.29) is 0 Å². The number of rotatable bonds is 8. The number of benzene rings is 2. The summed E-state index contributed by atoms with van der Waals surface area (Å²) in [5.41, 5.74) is 6.40. The van der Waals surface area contributed by atoms with Crippen molar-refractivity contribution in [2.45, 2.75) is 13.1 Å². The molecule has 3 heterocycles. The summed E-state index contributed by atoms with van der Waals surface area (Å²) < 4.78 is 12.7. The smallest absolute Gasteiger partial charge is 0.134 e. The molecule has 8 nitrogen and oxygen atoms in total. The van der Waals surface area contributed by atoms with Crippen molar-refractivity contribution in [2.75, 3.05) is 19.5 Å². The topological polar surface area (TPSA) is 97.9 Å². The maximum Gasteiger partial charge on any atom is 0.134 e. The highest BCUT2D eigenvalue weighted by molar-refractivity contribution is 5.90. The molecule has 0 aliphatic heterocycles. The van der Waals surface area contributed by atoms with Crippen molar-refractivity contribution in [3.05, 3.63) is 95.9 Å². The van der Waals surface area contributed by atoms with Gasteiger partial charge in [0.2, 0.25) is 0 Å². The van der Waals surface area contributed by atoms with Gasteiger partial charge in [0, 0.05) is 29.9 Å². The third kappa shape index (κ3) is 4.81. The Morgan fingerprint density at radius 3 is 2.69 bits per heavy atom. The Labute approximate surface area is 208 Å². The third-order valence-corrected chi connectivity index (χ3v) is 5.82. The minimum atomic E-state index is 0.511. The van der Waals surface area contributed by atoms with Gasteiger partial charge in [-0.05, 0) is 42.5 Å². The molecule has 0 radical (unpaired) electrons. The molecule has 0 aliphatic carbocycles. The Morgan fingerprint density at radius 1 is 1.00 bits per heavy atom. The Bertz CT molecular complexity index is 1560. The van der Waals surface area contributed by atoms with Gasteiger partial charge in [-0.1, -0.05) is 18.2 Å². The molecule has 0 fully saturated rings. The molecule has 0 bridgehead atoms. The summed E-state index contributed by atoms with van der Waals surface area (Å²) in [5, 5.41) is 17.7. The van der Waals surface area contributed by atoms with E-state index in [9.17, 15) is 5.26 Å². The van der Waals surface area contributed by atoms with Gasteiger partial charge < -0.3 is 14.8 Å². The van der Waals surface area contributed by atoms with E-state index in [0.29, 0.717) is 18.7 Å². The molecule has 1 N–H and O–H groups in total. The van der Waals surface area contributed by atoms with Crippen molar-refractivity contribution < 1.29 is 9.47 Å². The molecule has 5 aromatic rings. The molecule has 0 aliphatic rings. The molecule has 0 unspecified atom stereocenters. The van der Waals surface area contributed by atoms with Crippen LogP contribution in [-0.2, 0) is 13.1 Å². The quantitative estimate of drug-likeness (QED) is 0.335. The molecular weight excluding hydrogens is 452 g/mol. The van der Waals surface area contributed by atoms with Crippen LogP contribution < -0.4 is 14.8 Å². The molecule has 0 spiro atoms. The number of nitriles is 1. The first-order chi connectivity index (χ1) is 17.7. The van der Waals surface area contributed by atoms with Gasteiger partial charge >= 0.3 is 0 Å². The zero-order valence-electron chi connectivity index (χ0n) is 20.0. The summed E-state index contributed by atoms with van der Waals surface area (Å²) >= 11 is 0. The highest BCUT2D eigenvalue weighted by Crippen LogP contribution is 2.30.